The van der Waals surface area contributed by atoms with Crippen LogP contribution in [-0.2, 0) is 12.8 Å². The maximum Gasteiger partial charge on any atom is 0.126 e. The van der Waals surface area contributed by atoms with E-state index in [9.17, 15) is 8.78 Å². The highest BCUT2D eigenvalue weighted by Gasteiger charge is 2.08. The van der Waals surface area contributed by atoms with Crippen LogP contribution < -0.4 is 5.73 Å². The topological polar surface area (TPSA) is 39.2 Å². The average Bonchev–Trinajstić information content (AvgIpc) is 2.77. The molecule has 0 saturated carbocycles. The molecule has 0 bridgehead atoms. The van der Waals surface area contributed by atoms with Crippen LogP contribution in [0.3, 0.4) is 0 Å². The monoisotopic (exact) mass is 251 g/mol. The minimum Gasteiger partial charge on any atom is -0.469 e. The summed E-state index contributed by atoms with van der Waals surface area (Å²) in [6.07, 6.45) is 3.51. The third-order valence-corrected chi connectivity index (χ3v) is 2.76. The summed E-state index contributed by atoms with van der Waals surface area (Å²) in [5.74, 6) is -0.262. The number of hydrogen-bond donors (Lipinski definition) is 1. The van der Waals surface area contributed by atoms with Gasteiger partial charge in [0.25, 0.3) is 0 Å². The molecule has 1 unspecified atom stereocenters. The summed E-state index contributed by atoms with van der Waals surface area (Å²) in [6, 6.07) is 7.05. The lowest BCUT2D eigenvalue weighted by atomic mass is 10.0. The van der Waals surface area contributed by atoms with Crippen molar-refractivity contribution in [3.05, 3.63) is 59.6 Å². The van der Waals surface area contributed by atoms with Crippen LogP contribution in [-0.4, -0.2) is 6.04 Å². The summed E-state index contributed by atoms with van der Waals surface area (Å²) in [7, 11) is 0. The summed E-state index contributed by atoms with van der Waals surface area (Å²) in [4.78, 5) is 0. The van der Waals surface area contributed by atoms with Crippen LogP contribution in [0.1, 0.15) is 17.7 Å². The van der Waals surface area contributed by atoms with Crippen molar-refractivity contribution in [2.75, 3.05) is 0 Å². The molecule has 18 heavy (non-hydrogen) atoms. The molecule has 0 aliphatic carbocycles. The lowest BCUT2D eigenvalue weighted by Gasteiger charge is -2.11. The van der Waals surface area contributed by atoms with Crippen molar-refractivity contribution in [1.82, 2.24) is 0 Å². The number of aryl methyl sites for hydroxylation is 1. The van der Waals surface area contributed by atoms with E-state index in [1.165, 1.54) is 12.1 Å². The number of hydrogen-bond acceptors (Lipinski definition) is 2. The Kier molecular flexibility index (Phi) is 4.10. The van der Waals surface area contributed by atoms with Crippen molar-refractivity contribution in [2.24, 2.45) is 5.73 Å². The van der Waals surface area contributed by atoms with Crippen LogP contribution in [0.5, 0.6) is 0 Å². The van der Waals surface area contributed by atoms with Gasteiger partial charge in [-0.15, -0.1) is 0 Å². The van der Waals surface area contributed by atoms with Crippen molar-refractivity contribution < 1.29 is 13.2 Å². The molecule has 1 aromatic heterocycles. The number of nitrogens with two attached hydrogens (primary N) is 1. The highest BCUT2D eigenvalue weighted by atomic mass is 19.1. The molecule has 0 spiro atoms. The van der Waals surface area contributed by atoms with Gasteiger partial charge in [-0.25, -0.2) is 8.78 Å². The number of benzene rings is 1. The minimum atomic E-state index is -0.566. The summed E-state index contributed by atoms with van der Waals surface area (Å²) < 4.78 is 31.2. The fraction of sp³-hybridized carbons (Fsp3) is 0.286. The second-order valence-electron chi connectivity index (χ2n) is 4.36. The Balaban J connectivity index is 1.88. The van der Waals surface area contributed by atoms with Gasteiger partial charge in [-0.3, -0.25) is 0 Å². The molecular formula is C14H15F2NO. The standard InChI is InChI=1S/C14H15F2NO/c15-11-6-10(7-12(16)9-11)8-13(17)3-4-14-2-1-5-18-14/h1-2,5-7,9,13H,3-4,8,17H2. The van der Waals surface area contributed by atoms with E-state index >= 15 is 0 Å². The summed E-state index contributed by atoms with van der Waals surface area (Å²) in [5, 5.41) is 0. The average molecular weight is 251 g/mol. The van der Waals surface area contributed by atoms with Crippen molar-refractivity contribution in [1.29, 1.82) is 0 Å². The molecule has 1 heterocycles. The Hall–Kier alpha value is -1.68. The molecular weight excluding hydrogens is 236 g/mol. The van der Waals surface area contributed by atoms with Gasteiger partial charge in [0.1, 0.15) is 17.4 Å². The molecule has 2 rings (SSSR count). The second kappa shape index (κ2) is 5.78. The maximum absolute atomic E-state index is 13.0. The van der Waals surface area contributed by atoms with Gasteiger partial charge < -0.3 is 10.2 Å². The Morgan fingerprint density at radius 2 is 1.89 bits per heavy atom. The largest absolute Gasteiger partial charge is 0.469 e. The zero-order valence-electron chi connectivity index (χ0n) is 9.90. The van der Waals surface area contributed by atoms with Crippen LogP contribution in [0.25, 0.3) is 0 Å². The van der Waals surface area contributed by atoms with E-state index in [0.717, 1.165) is 18.2 Å². The van der Waals surface area contributed by atoms with E-state index in [2.05, 4.69) is 0 Å². The van der Waals surface area contributed by atoms with E-state index in [0.29, 0.717) is 18.4 Å². The first kappa shape index (κ1) is 12.8. The molecule has 0 aliphatic rings. The zero-order chi connectivity index (χ0) is 13.0. The van der Waals surface area contributed by atoms with Crippen LogP contribution in [0, 0.1) is 11.6 Å². The van der Waals surface area contributed by atoms with Crippen LogP contribution in [0.4, 0.5) is 8.78 Å². The summed E-state index contributed by atoms with van der Waals surface area (Å²) in [6.45, 7) is 0. The van der Waals surface area contributed by atoms with Crippen LogP contribution in [0.15, 0.2) is 41.0 Å². The van der Waals surface area contributed by atoms with Crippen LogP contribution in [0.2, 0.25) is 0 Å². The molecule has 0 amide bonds. The normalized spacial score (nSPS) is 12.6. The fourth-order valence-electron chi connectivity index (χ4n) is 1.92. The Morgan fingerprint density at radius 1 is 1.17 bits per heavy atom. The van der Waals surface area contributed by atoms with Gasteiger partial charge in [0.05, 0.1) is 6.26 Å². The first-order valence-corrected chi connectivity index (χ1v) is 5.86. The van der Waals surface area contributed by atoms with Gasteiger partial charge in [0.2, 0.25) is 0 Å². The molecule has 4 heteroatoms. The first-order chi connectivity index (χ1) is 8.63. The van der Waals surface area contributed by atoms with E-state index in [1.54, 1.807) is 6.26 Å². The number of furan rings is 1. The molecule has 1 atom stereocenters. The predicted octanol–water partition coefficient (Wildman–Crippen LogP) is 3.06. The lowest BCUT2D eigenvalue weighted by Crippen LogP contribution is -2.23. The Bertz CT molecular complexity index is 476. The smallest absolute Gasteiger partial charge is 0.126 e. The van der Waals surface area contributed by atoms with Gasteiger partial charge >= 0.3 is 0 Å². The van der Waals surface area contributed by atoms with Crippen LogP contribution >= 0.6 is 0 Å². The molecule has 0 aliphatic heterocycles. The third-order valence-electron chi connectivity index (χ3n) is 2.76. The highest BCUT2D eigenvalue weighted by Crippen LogP contribution is 2.12. The fourth-order valence-corrected chi connectivity index (χ4v) is 1.92. The lowest BCUT2D eigenvalue weighted by molar-refractivity contribution is 0.483. The van der Waals surface area contributed by atoms with Crippen molar-refractivity contribution in [3.63, 3.8) is 0 Å². The molecule has 2 aromatic rings. The molecule has 0 fully saturated rings. The molecule has 2 N–H and O–H groups in total. The Labute approximate surface area is 104 Å². The summed E-state index contributed by atoms with van der Waals surface area (Å²) in [5.41, 5.74) is 6.52. The SMILES string of the molecule is NC(CCc1ccco1)Cc1cc(F)cc(F)c1. The highest BCUT2D eigenvalue weighted by molar-refractivity contribution is 5.19. The van der Waals surface area contributed by atoms with Gasteiger partial charge in [-0.05, 0) is 42.7 Å². The van der Waals surface area contributed by atoms with Crippen molar-refractivity contribution >= 4 is 0 Å². The zero-order valence-corrected chi connectivity index (χ0v) is 9.90. The summed E-state index contributed by atoms with van der Waals surface area (Å²) >= 11 is 0. The second-order valence-corrected chi connectivity index (χ2v) is 4.36. The van der Waals surface area contributed by atoms with Crippen molar-refractivity contribution in [3.8, 4) is 0 Å². The van der Waals surface area contributed by atoms with E-state index < -0.39 is 11.6 Å². The maximum atomic E-state index is 13.0. The molecule has 2 nitrogen and oxygen atoms in total. The van der Waals surface area contributed by atoms with E-state index in [4.69, 9.17) is 10.2 Å². The van der Waals surface area contributed by atoms with E-state index in [-0.39, 0.29) is 6.04 Å². The molecule has 1 aromatic carbocycles. The van der Waals surface area contributed by atoms with Gasteiger partial charge in [-0.1, -0.05) is 0 Å². The molecule has 0 radical (unpaired) electrons. The first-order valence-electron chi connectivity index (χ1n) is 5.86. The van der Waals surface area contributed by atoms with E-state index in [1.807, 2.05) is 12.1 Å². The number of halogens is 2. The third kappa shape index (κ3) is 3.67. The molecule has 0 saturated heterocycles. The molecule has 96 valence electrons. The Morgan fingerprint density at radius 3 is 2.50 bits per heavy atom. The van der Waals surface area contributed by atoms with Gasteiger partial charge in [0.15, 0.2) is 0 Å². The van der Waals surface area contributed by atoms with Gasteiger partial charge in [-0.2, -0.15) is 0 Å². The number of rotatable bonds is 5. The van der Waals surface area contributed by atoms with Gasteiger partial charge in [0, 0.05) is 18.5 Å². The van der Waals surface area contributed by atoms with Crippen molar-refractivity contribution in [2.45, 2.75) is 25.3 Å². The quantitative estimate of drug-likeness (QED) is 0.887. The predicted molar refractivity (Wildman–Crippen MR) is 65.1 cm³/mol. The minimum absolute atomic E-state index is 0.142.